The topological polar surface area (TPSA) is 53.3 Å². The van der Waals surface area contributed by atoms with Crippen LogP contribution in [0.3, 0.4) is 0 Å². The molecule has 2 fully saturated rings. The second-order valence-corrected chi connectivity index (χ2v) is 4.02. The molecule has 0 aromatic carbocycles. The molecule has 0 aromatic rings. The summed E-state index contributed by atoms with van der Waals surface area (Å²) in [6, 6.07) is 1.90. The minimum absolute atomic E-state index is 0.0121. The molecule has 0 spiro atoms. The van der Waals surface area contributed by atoms with Crippen LogP contribution in [-0.4, -0.2) is 37.1 Å². The van der Waals surface area contributed by atoms with Crippen molar-refractivity contribution in [3.63, 3.8) is 0 Å². The Morgan fingerprint density at radius 1 is 1.50 bits per heavy atom. The van der Waals surface area contributed by atoms with Gasteiger partial charge in [0.25, 0.3) is 0 Å². The Balaban J connectivity index is 1.91. The van der Waals surface area contributed by atoms with Crippen molar-refractivity contribution in [3.05, 3.63) is 0 Å². The maximum Gasteiger partial charge on any atom is 0.236 e. The van der Waals surface area contributed by atoms with Crippen LogP contribution >= 0.6 is 0 Å². The second-order valence-electron chi connectivity index (χ2n) is 4.02. The van der Waals surface area contributed by atoms with E-state index in [0.29, 0.717) is 11.8 Å². The maximum absolute atomic E-state index is 11.4. The number of nitriles is 1. The van der Waals surface area contributed by atoms with Gasteiger partial charge in [0.15, 0.2) is 0 Å². The summed E-state index contributed by atoms with van der Waals surface area (Å²) in [6.07, 6.45) is 1.04. The Bertz CT molecular complexity index is 272. The molecule has 0 radical (unpaired) electrons. The van der Waals surface area contributed by atoms with Crippen LogP contribution in [0.2, 0.25) is 0 Å². The summed E-state index contributed by atoms with van der Waals surface area (Å²) in [6.45, 7) is 3.21. The van der Waals surface area contributed by atoms with Gasteiger partial charge in [-0.3, -0.25) is 4.79 Å². The first-order valence-electron chi connectivity index (χ1n) is 5.03. The SMILES string of the molecule is N#CCC(=O)N1CC[C@@H]2COC[C@@H]2C1. The van der Waals surface area contributed by atoms with Gasteiger partial charge < -0.3 is 9.64 Å². The van der Waals surface area contributed by atoms with Crippen LogP contribution in [0.1, 0.15) is 12.8 Å². The number of hydrogen-bond acceptors (Lipinski definition) is 3. The van der Waals surface area contributed by atoms with E-state index in [1.54, 1.807) is 4.90 Å². The third-order valence-electron chi connectivity index (χ3n) is 3.14. The normalized spacial score (nSPS) is 30.9. The van der Waals surface area contributed by atoms with Crippen molar-refractivity contribution in [2.24, 2.45) is 11.8 Å². The molecule has 2 saturated heterocycles. The highest BCUT2D eigenvalue weighted by molar-refractivity contribution is 5.78. The highest BCUT2D eigenvalue weighted by Crippen LogP contribution is 2.29. The lowest BCUT2D eigenvalue weighted by Crippen LogP contribution is -2.43. The molecule has 14 heavy (non-hydrogen) atoms. The summed E-state index contributed by atoms with van der Waals surface area (Å²) >= 11 is 0. The van der Waals surface area contributed by atoms with Gasteiger partial charge in [-0.15, -0.1) is 0 Å². The van der Waals surface area contributed by atoms with Gasteiger partial charge in [-0.2, -0.15) is 5.26 Å². The lowest BCUT2D eigenvalue weighted by atomic mass is 9.88. The second kappa shape index (κ2) is 3.97. The molecule has 1 amide bonds. The molecular weight excluding hydrogens is 180 g/mol. The van der Waals surface area contributed by atoms with E-state index in [1.165, 1.54) is 0 Å². The zero-order valence-corrected chi connectivity index (χ0v) is 8.11. The maximum atomic E-state index is 11.4. The average Bonchev–Trinajstić information content (AvgIpc) is 2.64. The molecule has 2 rings (SSSR count). The number of carbonyl (C=O) groups is 1. The summed E-state index contributed by atoms with van der Waals surface area (Å²) in [5.41, 5.74) is 0. The highest BCUT2D eigenvalue weighted by atomic mass is 16.5. The number of amides is 1. The van der Waals surface area contributed by atoms with Crippen molar-refractivity contribution in [2.75, 3.05) is 26.3 Å². The Kier molecular flexibility index (Phi) is 2.69. The van der Waals surface area contributed by atoms with Crippen LogP contribution < -0.4 is 0 Å². The number of piperidine rings is 1. The zero-order valence-electron chi connectivity index (χ0n) is 8.11. The monoisotopic (exact) mass is 194 g/mol. The average molecular weight is 194 g/mol. The number of hydrogen-bond donors (Lipinski definition) is 0. The Labute approximate surface area is 83.4 Å². The van der Waals surface area contributed by atoms with Crippen LogP contribution in [0, 0.1) is 23.2 Å². The minimum Gasteiger partial charge on any atom is -0.381 e. The smallest absolute Gasteiger partial charge is 0.236 e. The molecule has 4 heteroatoms. The van der Waals surface area contributed by atoms with Crippen LogP contribution in [0.15, 0.2) is 0 Å². The summed E-state index contributed by atoms with van der Waals surface area (Å²) in [5.74, 6) is 1.12. The number of carbonyl (C=O) groups excluding carboxylic acids is 1. The van der Waals surface area contributed by atoms with Crippen molar-refractivity contribution in [1.82, 2.24) is 4.90 Å². The van der Waals surface area contributed by atoms with Crippen LogP contribution in [0.25, 0.3) is 0 Å². The number of likely N-dealkylation sites (tertiary alicyclic amines) is 1. The number of rotatable bonds is 1. The van der Waals surface area contributed by atoms with E-state index in [-0.39, 0.29) is 12.3 Å². The first-order chi connectivity index (χ1) is 6.81. The van der Waals surface area contributed by atoms with Crippen molar-refractivity contribution in [2.45, 2.75) is 12.8 Å². The van der Waals surface area contributed by atoms with E-state index < -0.39 is 0 Å². The van der Waals surface area contributed by atoms with Crippen LogP contribution in [0.5, 0.6) is 0 Å². The Hall–Kier alpha value is -1.08. The van der Waals surface area contributed by atoms with Crippen molar-refractivity contribution in [1.29, 1.82) is 5.26 Å². The molecule has 0 aliphatic carbocycles. The standard InChI is InChI=1S/C10H14N2O2/c11-3-1-10(13)12-4-2-8-6-14-7-9(8)5-12/h8-9H,1-2,4-7H2/t8-,9+/m1/s1. The largest absolute Gasteiger partial charge is 0.381 e. The van der Waals surface area contributed by atoms with Gasteiger partial charge in [0.1, 0.15) is 6.42 Å². The van der Waals surface area contributed by atoms with E-state index in [2.05, 4.69) is 0 Å². The predicted octanol–water partition coefficient (Wildman–Crippen LogP) is 0.395. The van der Waals surface area contributed by atoms with Gasteiger partial charge in [-0.25, -0.2) is 0 Å². The predicted molar refractivity (Wildman–Crippen MR) is 49.2 cm³/mol. The minimum atomic E-state index is -0.0298. The fourth-order valence-corrected chi connectivity index (χ4v) is 2.27. The number of ether oxygens (including phenoxy) is 1. The molecule has 2 atom stereocenters. The van der Waals surface area contributed by atoms with Crippen molar-refractivity contribution < 1.29 is 9.53 Å². The molecule has 0 unspecified atom stereocenters. The van der Waals surface area contributed by atoms with E-state index in [1.807, 2.05) is 6.07 Å². The molecule has 2 aliphatic heterocycles. The first-order valence-corrected chi connectivity index (χ1v) is 5.03. The van der Waals surface area contributed by atoms with Gasteiger partial charge in [0.2, 0.25) is 5.91 Å². The fourth-order valence-electron chi connectivity index (χ4n) is 2.27. The third kappa shape index (κ3) is 1.73. The molecule has 0 saturated carbocycles. The van der Waals surface area contributed by atoms with E-state index >= 15 is 0 Å². The summed E-state index contributed by atoms with van der Waals surface area (Å²) < 4.78 is 5.38. The molecule has 0 bridgehead atoms. The van der Waals surface area contributed by atoms with E-state index in [9.17, 15) is 4.79 Å². The molecule has 2 aliphatic rings. The summed E-state index contributed by atoms with van der Waals surface area (Å²) in [5, 5.41) is 8.43. The fraction of sp³-hybridized carbons (Fsp3) is 0.800. The van der Waals surface area contributed by atoms with Gasteiger partial charge in [-0.1, -0.05) is 0 Å². The first kappa shape index (κ1) is 9.47. The molecule has 2 heterocycles. The van der Waals surface area contributed by atoms with Gasteiger partial charge in [-0.05, 0) is 12.3 Å². The molecule has 76 valence electrons. The molecular formula is C10H14N2O2. The van der Waals surface area contributed by atoms with Crippen LogP contribution in [0.4, 0.5) is 0 Å². The van der Waals surface area contributed by atoms with Gasteiger partial charge in [0.05, 0.1) is 12.7 Å². The van der Waals surface area contributed by atoms with Gasteiger partial charge in [0, 0.05) is 25.6 Å². The lowest BCUT2D eigenvalue weighted by Gasteiger charge is -2.33. The molecule has 0 aromatic heterocycles. The summed E-state index contributed by atoms with van der Waals surface area (Å²) in [7, 11) is 0. The van der Waals surface area contributed by atoms with E-state index in [4.69, 9.17) is 10.00 Å². The van der Waals surface area contributed by atoms with Crippen LogP contribution in [-0.2, 0) is 9.53 Å². The van der Waals surface area contributed by atoms with E-state index in [0.717, 1.165) is 32.7 Å². The van der Waals surface area contributed by atoms with Gasteiger partial charge >= 0.3 is 0 Å². The van der Waals surface area contributed by atoms with Crippen molar-refractivity contribution in [3.8, 4) is 6.07 Å². The third-order valence-corrected chi connectivity index (χ3v) is 3.14. The number of nitrogens with zero attached hydrogens (tertiary/aromatic N) is 2. The van der Waals surface area contributed by atoms with Crippen molar-refractivity contribution >= 4 is 5.91 Å². The highest BCUT2D eigenvalue weighted by Gasteiger charge is 2.35. The Morgan fingerprint density at radius 3 is 3.07 bits per heavy atom. The quantitative estimate of drug-likeness (QED) is 0.607. The Morgan fingerprint density at radius 2 is 2.29 bits per heavy atom. The summed E-state index contributed by atoms with van der Waals surface area (Å²) in [4.78, 5) is 13.3. The molecule has 0 N–H and O–H groups in total. The lowest BCUT2D eigenvalue weighted by molar-refractivity contribution is -0.132. The zero-order chi connectivity index (χ0) is 9.97. The number of fused-ring (bicyclic) bond motifs is 1. The molecule has 4 nitrogen and oxygen atoms in total.